The van der Waals surface area contributed by atoms with Crippen LogP contribution in [-0.2, 0) is 0 Å². The lowest BCUT2D eigenvalue weighted by molar-refractivity contribution is 0.0682. The van der Waals surface area contributed by atoms with Crippen LogP contribution in [0, 0.1) is 11.3 Å². The summed E-state index contributed by atoms with van der Waals surface area (Å²) in [6.45, 7) is 6.50. The average molecular weight is 278 g/mol. The summed E-state index contributed by atoms with van der Waals surface area (Å²) in [5.74, 6) is 0.988. The summed E-state index contributed by atoms with van der Waals surface area (Å²) in [5, 5.41) is 3.70. The van der Waals surface area contributed by atoms with Gasteiger partial charge in [0.25, 0.3) is 0 Å². The Morgan fingerprint density at radius 1 is 0.850 bits per heavy atom. The standard InChI is InChI=1S/C18H34N2/c1-4-8-18(9-5-1)10-13-20(14-11-18)15-12-19-16-17-6-2-3-7-17/h17,19H,1-16H2. The molecule has 0 atom stereocenters. The fourth-order valence-electron chi connectivity index (χ4n) is 4.81. The summed E-state index contributed by atoms with van der Waals surface area (Å²) in [6.07, 6.45) is 16.4. The van der Waals surface area contributed by atoms with E-state index in [-0.39, 0.29) is 0 Å². The van der Waals surface area contributed by atoms with Crippen molar-refractivity contribution in [3.63, 3.8) is 0 Å². The minimum Gasteiger partial charge on any atom is -0.315 e. The molecule has 3 fully saturated rings. The van der Waals surface area contributed by atoms with Crippen molar-refractivity contribution in [1.29, 1.82) is 0 Å². The molecule has 2 nitrogen and oxygen atoms in total. The van der Waals surface area contributed by atoms with Crippen molar-refractivity contribution in [3.05, 3.63) is 0 Å². The lowest BCUT2D eigenvalue weighted by atomic mass is 9.68. The molecule has 0 aromatic carbocycles. The van der Waals surface area contributed by atoms with Gasteiger partial charge in [0.1, 0.15) is 0 Å². The first-order valence-corrected chi connectivity index (χ1v) is 9.29. The first-order chi connectivity index (χ1) is 9.86. The molecule has 116 valence electrons. The third-order valence-corrected chi connectivity index (χ3v) is 6.34. The van der Waals surface area contributed by atoms with Crippen LogP contribution in [-0.4, -0.2) is 37.6 Å². The SMILES string of the molecule is C1CCC2(CC1)CCN(CCNCC1CCCC1)CC2. The molecule has 2 saturated carbocycles. The Balaban J connectivity index is 1.28. The highest BCUT2D eigenvalue weighted by molar-refractivity contribution is 4.88. The summed E-state index contributed by atoms with van der Waals surface area (Å²) in [5.41, 5.74) is 0.770. The quantitative estimate of drug-likeness (QED) is 0.769. The molecule has 2 aliphatic carbocycles. The van der Waals surface area contributed by atoms with E-state index in [9.17, 15) is 0 Å². The van der Waals surface area contributed by atoms with Gasteiger partial charge >= 0.3 is 0 Å². The third kappa shape index (κ3) is 3.98. The molecule has 0 aromatic heterocycles. The lowest BCUT2D eigenvalue weighted by Gasteiger charge is -2.44. The zero-order valence-corrected chi connectivity index (χ0v) is 13.3. The Hall–Kier alpha value is -0.0800. The number of hydrogen-bond donors (Lipinski definition) is 1. The molecule has 1 heterocycles. The smallest absolute Gasteiger partial charge is 0.0107 e. The molecule has 2 heteroatoms. The number of nitrogens with zero attached hydrogens (tertiary/aromatic N) is 1. The van der Waals surface area contributed by atoms with Crippen LogP contribution in [0.15, 0.2) is 0 Å². The van der Waals surface area contributed by atoms with E-state index in [1.807, 2.05) is 0 Å². The second-order valence-corrected chi connectivity index (χ2v) is 7.76. The van der Waals surface area contributed by atoms with Crippen molar-refractivity contribution in [2.75, 3.05) is 32.7 Å². The minimum absolute atomic E-state index is 0.770. The van der Waals surface area contributed by atoms with Gasteiger partial charge in [-0.2, -0.15) is 0 Å². The fourth-order valence-corrected chi connectivity index (χ4v) is 4.81. The van der Waals surface area contributed by atoms with Gasteiger partial charge in [0.15, 0.2) is 0 Å². The summed E-state index contributed by atoms with van der Waals surface area (Å²) in [7, 11) is 0. The summed E-state index contributed by atoms with van der Waals surface area (Å²) < 4.78 is 0. The van der Waals surface area contributed by atoms with Crippen LogP contribution in [0.4, 0.5) is 0 Å². The Bertz CT molecular complexity index is 267. The number of likely N-dealkylation sites (tertiary alicyclic amines) is 1. The van der Waals surface area contributed by atoms with Gasteiger partial charge in [-0.3, -0.25) is 0 Å². The molecule has 3 aliphatic rings. The molecule has 1 N–H and O–H groups in total. The Labute approximate surface area is 125 Å². The topological polar surface area (TPSA) is 15.3 Å². The molecule has 0 bridgehead atoms. The number of hydrogen-bond acceptors (Lipinski definition) is 2. The van der Waals surface area contributed by atoms with Crippen molar-refractivity contribution in [3.8, 4) is 0 Å². The Morgan fingerprint density at radius 3 is 2.25 bits per heavy atom. The summed E-state index contributed by atoms with van der Waals surface area (Å²) in [6, 6.07) is 0. The summed E-state index contributed by atoms with van der Waals surface area (Å²) in [4.78, 5) is 2.71. The van der Waals surface area contributed by atoms with E-state index >= 15 is 0 Å². The predicted octanol–water partition coefficient (Wildman–Crippen LogP) is 3.81. The van der Waals surface area contributed by atoms with Gasteiger partial charge in [-0.05, 0) is 69.5 Å². The number of piperidine rings is 1. The van der Waals surface area contributed by atoms with Crippen molar-refractivity contribution in [2.24, 2.45) is 11.3 Å². The van der Waals surface area contributed by atoms with Crippen LogP contribution in [0.3, 0.4) is 0 Å². The van der Waals surface area contributed by atoms with E-state index in [4.69, 9.17) is 0 Å². The first-order valence-electron chi connectivity index (χ1n) is 9.29. The maximum atomic E-state index is 3.70. The summed E-state index contributed by atoms with van der Waals surface area (Å²) >= 11 is 0. The van der Waals surface area contributed by atoms with Crippen molar-refractivity contribution < 1.29 is 0 Å². The van der Waals surface area contributed by atoms with Crippen LogP contribution in [0.25, 0.3) is 0 Å². The van der Waals surface area contributed by atoms with E-state index in [1.54, 1.807) is 0 Å². The number of rotatable bonds is 5. The third-order valence-electron chi connectivity index (χ3n) is 6.34. The molecule has 20 heavy (non-hydrogen) atoms. The highest BCUT2D eigenvalue weighted by Gasteiger charge is 2.35. The molecule has 0 radical (unpaired) electrons. The molecule has 0 amide bonds. The zero-order valence-electron chi connectivity index (χ0n) is 13.3. The highest BCUT2D eigenvalue weighted by atomic mass is 15.1. The normalized spacial score (nSPS) is 28.2. The van der Waals surface area contributed by atoms with Crippen molar-refractivity contribution in [2.45, 2.75) is 70.6 Å². The average Bonchev–Trinajstić information content (AvgIpc) is 3.00. The van der Waals surface area contributed by atoms with Gasteiger partial charge in [0.05, 0.1) is 0 Å². The van der Waals surface area contributed by atoms with Crippen molar-refractivity contribution >= 4 is 0 Å². The molecule has 0 aromatic rings. The lowest BCUT2D eigenvalue weighted by Crippen LogP contribution is -2.43. The number of nitrogens with one attached hydrogen (secondary N) is 1. The van der Waals surface area contributed by atoms with E-state index < -0.39 is 0 Å². The second-order valence-electron chi connectivity index (χ2n) is 7.76. The zero-order chi connectivity index (χ0) is 13.7. The van der Waals surface area contributed by atoms with Gasteiger partial charge in [0, 0.05) is 13.1 Å². The van der Waals surface area contributed by atoms with E-state index in [1.165, 1.54) is 103 Å². The van der Waals surface area contributed by atoms with E-state index in [0.717, 1.165) is 11.3 Å². The van der Waals surface area contributed by atoms with Crippen LogP contribution >= 0.6 is 0 Å². The highest BCUT2D eigenvalue weighted by Crippen LogP contribution is 2.44. The van der Waals surface area contributed by atoms with Crippen molar-refractivity contribution in [1.82, 2.24) is 10.2 Å². The minimum atomic E-state index is 0.770. The molecule has 1 spiro atoms. The maximum Gasteiger partial charge on any atom is 0.0107 e. The Morgan fingerprint density at radius 2 is 1.55 bits per heavy atom. The molecule has 3 rings (SSSR count). The second kappa shape index (κ2) is 7.26. The monoisotopic (exact) mass is 278 g/mol. The largest absolute Gasteiger partial charge is 0.315 e. The van der Waals surface area contributed by atoms with Crippen LogP contribution < -0.4 is 5.32 Å². The predicted molar refractivity (Wildman–Crippen MR) is 86.0 cm³/mol. The van der Waals surface area contributed by atoms with Gasteiger partial charge < -0.3 is 10.2 Å². The van der Waals surface area contributed by atoms with Crippen LogP contribution in [0.1, 0.15) is 70.6 Å². The van der Waals surface area contributed by atoms with Gasteiger partial charge in [0.2, 0.25) is 0 Å². The van der Waals surface area contributed by atoms with Gasteiger partial charge in [-0.1, -0.05) is 32.1 Å². The van der Waals surface area contributed by atoms with Crippen LogP contribution in [0.5, 0.6) is 0 Å². The fraction of sp³-hybridized carbons (Fsp3) is 1.00. The van der Waals surface area contributed by atoms with Gasteiger partial charge in [-0.15, -0.1) is 0 Å². The van der Waals surface area contributed by atoms with E-state index in [2.05, 4.69) is 10.2 Å². The molecular formula is C18H34N2. The van der Waals surface area contributed by atoms with Gasteiger partial charge in [-0.25, -0.2) is 0 Å². The molecule has 0 unspecified atom stereocenters. The van der Waals surface area contributed by atoms with Crippen LogP contribution in [0.2, 0.25) is 0 Å². The molecular weight excluding hydrogens is 244 g/mol. The van der Waals surface area contributed by atoms with E-state index in [0.29, 0.717) is 0 Å². The first kappa shape index (κ1) is 14.8. The Kier molecular flexibility index (Phi) is 5.39. The molecule has 1 aliphatic heterocycles. The molecule has 1 saturated heterocycles. The maximum absolute atomic E-state index is 3.70.